The van der Waals surface area contributed by atoms with Gasteiger partial charge in [-0.05, 0) is 45.6 Å². The molecule has 2 unspecified atom stereocenters. The minimum absolute atomic E-state index is 0.00613. The number of halogens is 1. The summed E-state index contributed by atoms with van der Waals surface area (Å²) in [6.07, 6.45) is 4.97. The summed E-state index contributed by atoms with van der Waals surface area (Å²) in [6, 6.07) is 4.99. The number of phenolic OH excluding ortho intramolecular Hbond substituents is 1. The van der Waals surface area contributed by atoms with E-state index >= 15 is 0 Å². The summed E-state index contributed by atoms with van der Waals surface area (Å²) < 4.78 is 6.27. The Kier molecular flexibility index (Phi) is 4.25. The van der Waals surface area contributed by atoms with Gasteiger partial charge in [-0.25, -0.2) is 0 Å². The Morgan fingerprint density at radius 3 is 2.50 bits per heavy atom. The maximum absolute atomic E-state index is 10.2. The molecule has 0 radical (unpaired) electrons. The van der Waals surface area contributed by atoms with Crippen LogP contribution in [0, 0.1) is 11.3 Å². The number of aromatic hydroxyl groups is 1. The number of ether oxygens (including phenoxy) is 1. The molecule has 108 valence electrons. The van der Waals surface area contributed by atoms with Gasteiger partial charge in [0.1, 0.15) is 17.3 Å². The quantitative estimate of drug-likeness (QED) is 0.856. The molecule has 0 saturated carbocycles. The van der Waals surface area contributed by atoms with E-state index < -0.39 is 6.10 Å². The monoisotopic (exact) mass is 338 g/mol. The van der Waals surface area contributed by atoms with Crippen molar-refractivity contribution in [2.45, 2.75) is 26.9 Å². The first-order valence-electron chi connectivity index (χ1n) is 6.52. The number of benzene rings is 1. The smallest absolute Gasteiger partial charge is 0.133 e. The molecule has 1 aromatic rings. The van der Waals surface area contributed by atoms with Crippen LogP contribution in [0.5, 0.6) is 11.5 Å². The van der Waals surface area contributed by atoms with Crippen LogP contribution in [0.25, 0.3) is 0 Å². The lowest BCUT2D eigenvalue weighted by atomic mass is 9.75. The van der Waals surface area contributed by atoms with E-state index in [0.717, 1.165) is 0 Å². The molecular formula is C16H19BrO3. The van der Waals surface area contributed by atoms with Gasteiger partial charge in [0.2, 0.25) is 0 Å². The first-order valence-corrected chi connectivity index (χ1v) is 7.31. The first kappa shape index (κ1) is 15.1. The van der Waals surface area contributed by atoms with Gasteiger partial charge in [0.15, 0.2) is 0 Å². The van der Waals surface area contributed by atoms with Crippen LogP contribution in [0.4, 0.5) is 0 Å². The van der Waals surface area contributed by atoms with Crippen molar-refractivity contribution in [2.75, 3.05) is 0 Å². The molecule has 1 aliphatic rings. The lowest BCUT2D eigenvalue weighted by Gasteiger charge is -2.33. The van der Waals surface area contributed by atoms with Gasteiger partial charge in [-0.15, -0.1) is 0 Å². The molecule has 0 bridgehead atoms. The number of hydrogen-bond donors (Lipinski definition) is 2. The van der Waals surface area contributed by atoms with Crippen molar-refractivity contribution < 1.29 is 14.9 Å². The van der Waals surface area contributed by atoms with Crippen LogP contribution in [0.15, 0.2) is 46.7 Å². The highest BCUT2D eigenvalue weighted by molar-refractivity contribution is 9.10. The predicted molar refractivity (Wildman–Crippen MR) is 82.6 cm³/mol. The zero-order valence-electron chi connectivity index (χ0n) is 11.8. The fraction of sp³-hybridized carbons (Fsp3) is 0.375. The molecule has 0 aromatic heterocycles. The van der Waals surface area contributed by atoms with Crippen molar-refractivity contribution in [2.24, 2.45) is 11.3 Å². The molecule has 0 fully saturated rings. The Morgan fingerprint density at radius 2 is 1.95 bits per heavy atom. The van der Waals surface area contributed by atoms with Gasteiger partial charge in [0.05, 0.1) is 10.6 Å². The van der Waals surface area contributed by atoms with E-state index in [9.17, 15) is 10.2 Å². The summed E-state index contributed by atoms with van der Waals surface area (Å²) in [4.78, 5) is 0. The Labute approximate surface area is 127 Å². The number of allylic oxidation sites excluding steroid dienone is 1. The van der Waals surface area contributed by atoms with Gasteiger partial charge in [0, 0.05) is 12.0 Å². The van der Waals surface area contributed by atoms with E-state index in [2.05, 4.69) is 36.7 Å². The summed E-state index contributed by atoms with van der Waals surface area (Å²) in [5.74, 6) is 1.30. The van der Waals surface area contributed by atoms with Gasteiger partial charge in [-0.2, -0.15) is 0 Å². The standard InChI is InChI=1S/C16H19BrO3/c1-16(2,3)12-6-4-10(8-14(12)18)20-11-5-7-13(17)15(19)9-11/h4-9,12,14,18-19H,1-3H3. The van der Waals surface area contributed by atoms with E-state index in [-0.39, 0.29) is 17.1 Å². The van der Waals surface area contributed by atoms with Crippen molar-refractivity contribution in [3.63, 3.8) is 0 Å². The van der Waals surface area contributed by atoms with Crippen LogP contribution >= 0.6 is 15.9 Å². The van der Waals surface area contributed by atoms with Crippen molar-refractivity contribution in [1.29, 1.82) is 0 Å². The molecule has 2 N–H and O–H groups in total. The molecule has 0 saturated heterocycles. The average molecular weight is 339 g/mol. The molecule has 1 aliphatic carbocycles. The molecule has 3 nitrogen and oxygen atoms in total. The minimum atomic E-state index is -0.570. The highest BCUT2D eigenvalue weighted by Gasteiger charge is 2.30. The van der Waals surface area contributed by atoms with Crippen molar-refractivity contribution in [3.8, 4) is 11.5 Å². The molecule has 2 rings (SSSR count). The normalized spacial score (nSPS) is 22.6. The summed E-state index contributed by atoms with van der Waals surface area (Å²) >= 11 is 3.22. The minimum Gasteiger partial charge on any atom is -0.507 e. The number of aliphatic hydroxyl groups excluding tert-OH is 1. The van der Waals surface area contributed by atoms with Crippen LogP contribution in [0.1, 0.15) is 20.8 Å². The Bertz CT molecular complexity index is 555. The van der Waals surface area contributed by atoms with Crippen LogP contribution in [0.3, 0.4) is 0 Å². The van der Waals surface area contributed by atoms with E-state index in [1.165, 1.54) is 6.07 Å². The summed E-state index contributed by atoms with van der Waals surface area (Å²) in [5.41, 5.74) is -0.00613. The number of phenols is 1. The van der Waals surface area contributed by atoms with Crippen molar-refractivity contribution >= 4 is 15.9 Å². The lowest BCUT2D eigenvalue weighted by Crippen LogP contribution is -2.31. The molecule has 20 heavy (non-hydrogen) atoms. The molecule has 0 spiro atoms. The lowest BCUT2D eigenvalue weighted by molar-refractivity contribution is 0.103. The van der Waals surface area contributed by atoms with Crippen molar-refractivity contribution in [1.82, 2.24) is 0 Å². The van der Waals surface area contributed by atoms with Gasteiger partial charge in [-0.3, -0.25) is 0 Å². The highest BCUT2D eigenvalue weighted by Crippen LogP contribution is 2.34. The topological polar surface area (TPSA) is 49.7 Å². The molecule has 1 aromatic carbocycles. The molecule has 4 heteroatoms. The Morgan fingerprint density at radius 1 is 1.25 bits per heavy atom. The molecule has 0 aliphatic heterocycles. The van der Waals surface area contributed by atoms with Crippen LogP contribution in [0.2, 0.25) is 0 Å². The SMILES string of the molecule is CC(C)(C)C1C=CC(Oc2ccc(Br)c(O)c2)=CC1O. The van der Waals surface area contributed by atoms with E-state index in [4.69, 9.17) is 4.74 Å². The van der Waals surface area contributed by atoms with Crippen LogP contribution < -0.4 is 4.74 Å². The number of rotatable bonds is 2. The Hall–Kier alpha value is -1.26. The second kappa shape index (κ2) is 5.62. The van der Waals surface area contributed by atoms with Gasteiger partial charge >= 0.3 is 0 Å². The maximum Gasteiger partial charge on any atom is 0.133 e. The van der Waals surface area contributed by atoms with E-state index in [1.54, 1.807) is 18.2 Å². The van der Waals surface area contributed by atoms with Gasteiger partial charge in [-0.1, -0.05) is 26.8 Å². The molecule has 0 amide bonds. The zero-order valence-corrected chi connectivity index (χ0v) is 13.4. The van der Waals surface area contributed by atoms with Gasteiger partial charge < -0.3 is 14.9 Å². The van der Waals surface area contributed by atoms with Crippen LogP contribution in [-0.4, -0.2) is 16.3 Å². The second-order valence-electron chi connectivity index (χ2n) is 6.03. The largest absolute Gasteiger partial charge is 0.507 e. The second-order valence-corrected chi connectivity index (χ2v) is 6.88. The van der Waals surface area contributed by atoms with Gasteiger partial charge in [0.25, 0.3) is 0 Å². The molecular weight excluding hydrogens is 320 g/mol. The van der Waals surface area contributed by atoms with E-state index in [0.29, 0.717) is 16.0 Å². The summed E-state index contributed by atoms with van der Waals surface area (Å²) in [5, 5.41) is 19.8. The van der Waals surface area contributed by atoms with E-state index in [1.807, 2.05) is 12.2 Å². The number of hydrogen-bond acceptors (Lipinski definition) is 3. The third-order valence-electron chi connectivity index (χ3n) is 3.32. The van der Waals surface area contributed by atoms with Crippen molar-refractivity contribution in [3.05, 3.63) is 46.7 Å². The third-order valence-corrected chi connectivity index (χ3v) is 3.99. The molecule has 2 atom stereocenters. The molecule has 0 heterocycles. The zero-order chi connectivity index (χ0) is 14.9. The van der Waals surface area contributed by atoms with Crippen LogP contribution in [-0.2, 0) is 0 Å². The predicted octanol–water partition coefficient (Wildman–Crippen LogP) is 4.01. The highest BCUT2D eigenvalue weighted by atomic mass is 79.9. The average Bonchev–Trinajstić information content (AvgIpc) is 2.32. The fourth-order valence-electron chi connectivity index (χ4n) is 2.20. The first-order chi connectivity index (χ1) is 9.27. The number of aliphatic hydroxyl groups is 1. The maximum atomic E-state index is 10.2. The summed E-state index contributed by atoms with van der Waals surface area (Å²) in [6.45, 7) is 6.28. The Balaban J connectivity index is 2.12. The third kappa shape index (κ3) is 3.44. The summed E-state index contributed by atoms with van der Waals surface area (Å²) in [7, 11) is 0. The fourth-order valence-corrected chi connectivity index (χ4v) is 2.45.